The maximum absolute atomic E-state index is 11.6. The van der Waals surface area contributed by atoms with E-state index in [-0.39, 0.29) is 24.9 Å². The highest BCUT2D eigenvalue weighted by molar-refractivity contribution is 5.94. The van der Waals surface area contributed by atoms with Gasteiger partial charge in [0.05, 0.1) is 6.54 Å². The summed E-state index contributed by atoms with van der Waals surface area (Å²) in [6.45, 7) is 2.92. The van der Waals surface area contributed by atoms with Crippen LogP contribution in [0.15, 0.2) is 30.3 Å². The first-order valence-corrected chi connectivity index (χ1v) is 5.35. The molecule has 1 amide bonds. The van der Waals surface area contributed by atoms with Gasteiger partial charge in [0.15, 0.2) is 0 Å². The van der Waals surface area contributed by atoms with Gasteiger partial charge in [-0.3, -0.25) is 4.79 Å². The average Bonchev–Trinajstić information content (AvgIpc) is 2.30. The lowest BCUT2D eigenvalue weighted by molar-refractivity contribution is -0.117. The zero-order valence-corrected chi connectivity index (χ0v) is 10.4. The fourth-order valence-corrected chi connectivity index (χ4v) is 1.43. The summed E-state index contributed by atoms with van der Waals surface area (Å²) in [7, 11) is 0. The summed E-state index contributed by atoms with van der Waals surface area (Å²) in [4.78, 5) is 13.4. The third-order valence-corrected chi connectivity index (χ3v) is 2.28. The Balaban J connectivity index is 0.00000225. The zero-order chi connectivity index (χ0) is 11.1. The number of para-hydroxylation sites is 1. The Morgan fingerprint density at radius 2 is 1.94 bits per heavy atom. The molecule has 0 atom stereocenters. The third kappa shape index (κ3) is 4.21. The van der Waals surface area contributed by atoms with Gasteiger partial charge in [0.25, 0.3) is 0 Å². The summed E-state index contributed by atoms with van der Waals surface area (Å²) >= 11 is 0. The van der Waals surface area contributed by atoms with E-state index in [1.807, 2.05) is 30.3 Å². The summed E-state index contributed by atoms with van der Waals surface area (Å²) in [5, 5.41) is 0. The van der Waals surface area contributed by atoms with Crippen LogP contribution in [0.1, 0.15) is 19.8 Å². The lowest BCUT2D eigenvalue weighted by Gasteiger charge is -2.21. The summed E-state index contributed by atoms with van der Waals surface area (Å²) in [6.07, 6.45) is 2.07. The molecule has 0 fully saturated rings. The molecular weight excluding hydrogens is 224 g/mol. The molecule has 0 radical (unpaired) electrons. The number of nitrogens with two attached hydrogens (primary N) is 1. The van der Waals surface area contributed by atoms with Crippen molar-refractivity contribution in [2.75, 3.05) is 18.0 Å². The van der Waals surface area contributed by atoms with Crippen molar-refractivity contribution in [2.45, 2.75) is 19.8 Å². The molecule has 90 valence electrons. The van der Waals surface area contributed by atoms with Gasteiger partial charge in [0.2, 0.25) is 5.91 Å². The van der Waals surface area contributed by atoms with Crippen LogP contribution < -0.4 is 10.6 Å². The average molecular weight is 243 g/mol. The van der Waals surface area contributed by atoms with Crippen LogP contribution in [0, 0.1) is 0 Å². The number of benzene rings is 1. The molecule has 0 bridgehead atoms. The van der Waals surface area contributed by atoms with Crippen molar-refractivity contribution in [2.24, 2.45) is 5.73 Å². The molecule has 0 saturated heterocycles. The van der Waals surface area contributed by atoms with Gasteiger partial charge in [-0.05, 0) is 18.6 Å². The van der Waals surface area contributed by atoms with E-state index in [1.165, 1.54) is 0 Å². The number of unbranched alkanes of at least 4 members (excludes halogenated alkanes) is 1. The van der Waals surface area contributed by atoms with E-state index in [4.69, 9.17) is 5.73 Å². The van der Waals surface area contributed by atoms with Crippen molar-refractivity contribution in [1.82, 2.24) is 0 Å². The van der Waals surface area contributed by atoms with Crippen molar-refractivity contribution >= 4 is 24.0 Å². The van der Waals surface area contributed by atoms with Gasteiger partial charge in [0, 0.05) is 12.2 Å². The first-order valence-electron chi connectivity index (χ1n) is 5.35. The molecule has 0 aromatic heterocycles. The van der Waals surface area contributed by atoms with Crippen LogP contribution >= 0.6 is 12.4 Å². The van der Waals surface area contributed by atoms with Crippen LogP contribution in [0.25, 0.3) is 0 Å². The van der Waals surface area contributed by atoms with Crippen LogP contribution in [-0.4, -0.2) is 19.0 Å². The third-order valence-electron chi connectivity index (χ3n) is 2.28. The molecule has 2 N–H and O–H groups in total. The van der Waals surface area contributed by atoms with Gasteiger partial charge >= 0.3 is 0 Å². The minimum Gasteiger partial charge on any atom is -0.322 e. The van der Waals surface area contributed by atoms with E-state index in [1.54, 1.807) is 4.90 Å². The normalized spacial score (nSPS) is 9.38. The quantitative estimate of drug-likeness (QED) is 0.861. The van der Waals surface area contributed by atoms with Crippen molar-refractivity contribution in [3.8, 4) is 0 Å². The highest BCUT2D eigenvalue weighted by Gasteiger charge is 2.12. The number of anilines is 1. The molecule has 0 aliphatic rings. The topological polar surface area (TPSA) is 46.3 Å². The van der Waals surface area contributed by atoms with Crippen molar-refractivity contribution < 1.29 is 4.79 Å². The lowest BCUT2D eigenvalue weighted by Crippen LogP contribution is -2.36. The van der Waals surface area contributed by atoms with Crippen LogP contribution in [-0.2, 0) is 4.79 Å². The first kappa shape index (κ1) is 14.9. The smallest absolute Gasteiger partial charge is 0.240 e. The molecule has 4 heteroatoms. The summed E-state index contributed by atoms with van der Waals surface area (Å²) in [5.74, 6) is -0.0188. The molecule has 0 saturated carbocycles. The number of hydrogen-bond acceptors (Lipinski definition) is 2. The number of rotatable bonds is 5. The monoisotopic (exact) mass is 242 g/mol. The molecule has 0 aliphatic carbocycles. The molecule has 0 unspecified atom stereocenters. The second kappa shape index (κ2) is 8.13. The Morgan fingerprint density at radius 1 is 1.31 bits per heavy atom. The Bertz CT molecular complexity index is 303. The Labute approximate surface area is 103 Å². The molecule has 1 aromatic rings. The van der Waals surface area contributed by atoms with Crippen molar-refractivity contribution in [1.29, 1.82) is 0 Å². The minimum absolute atomic E-state index is 0. The van der Waals surface area contributed by atoms with Gasteiger partial charge in [-0.1, -0.05) is 31.5 Å². The second-order valence-electron chi connectivity index (χ2n) is 3.44. The fourth-order valence-electron chi connectivity index (χ4n) is 1.43. The number of hydrogen-bond donors (Lipinski definition) is 1. The molecule has 0 aliphatic heterocycles. The van der Waals surface area contributed by atoms with Gasteiger partial charge in [-0.25, -0.2) is 0 Å². The minimum atomic E-state index is -0.0188. The van der Waals surface area contributed by atoms with Crippen LogP contribution in [0.4, 0.5) is 5.69 Å². The predicted molar refractivity (Wildman–Crippen MR) is 70.0 cm³/mol. The number of amides is 1. The van der Waals surface area contributed by atoms with E-state index in [9.17, 15) is 4.79 Å². The first-order chi connectivity index (χ1) is 7.29. The summed E-state index contributed by atoms with van der Waals surface area (Å²) < 4.78 is 0. The lowest BCUT2D eigenvalue weighted by atomic mass is 10.2. The highest BCUT2D eigenvalue weighted by atomic mass is 35.5. The summed E-state index contributed by atoms with van der Waals surface area (Å²) in [6, 6.07) is 9.66. The standard InChI is InChI=1S/C12H18N2O.ClH/c1-2-3-9-14(12(15)10-13)11-7-5-4-6-8-11;/h4-8H,2-3,9-10,13H2,1H3;1H. The predicted octanol–water partition coefficient (Wildman–Crippen LogP) is 2.20. The van der Waals surface area contributed by atoms with Crippen LogP contribution in [0.2, 0.25) is 0 Å². The van der Waals surface area contributed by atoms with Gasteiger partial charge in [0.1, 0.15) is 0 Å². The Hall–Kier alpha value is -1.06. The molecule has 3 nitrogen and oxygen atoms in total. The van der Waals surface area contributed by atoms with E-state index in [0.29, 0.717) is 0 Å². The number of carbonyl (C=O) groups excluding carboxylic acids is 1. The Morgan fingerprint density at radius 3 is 2.44 bits per heavy atom. The largest absolute Gasteiger partial charge is 0.322 e. The zero-order valence-electron chi connectivity index (χ0n) is 9.56. The molecule has 0 heterocycles. The second-order valence-corrected chi connectivity index (χ2v) is 3.44. The van der Waals surface area contributed by atoms with Crippen molar-refractivity contribution in [3.05, 3.63) is 30.3 Å². The maximum atomic E-state index is 11.6. The SMILES string of the molecule is CCCCN(C(=O)CN)c1ccccc1.Cl. The van der Waals surface area contributed by atoms with E-state index >= 15 is 0 Å². The van der Waals surface area contributed by atoms with Crippen molar-refractivity contribution in [3.63, 3.8) is 0 Å². The van der Waals surface area contributed by atoms with E-state index < -0.39 is 0 Å². The van der Waals surface area contributed by atoms with Gasteiger partial charge in [-0.2, -0.15) is 0 Å². The van der Waals surface area contributed by atoms with E-state index in [0.717, 1.165) is 25.1 Å². The highest BCUT2D eigenvalue weighted by Crippen LogP contribution is 2.13. The van der Waals surface area contributed by atoms with Crippen LogP contribution in [0.5, 0.6) is 0 Å². The van der Waals surface area contributed by atoms with Gasteiger partial charge < -0.3 is 10.6 Å². The molecule has 0 spiro atoms. The number of nitrogens with zero attached hydrogens (tertiary/aromatic N) is 1. The van der Waals surface area contributed by atoms with Crippen LogP contribution in [0.3, 0.4) is 0 Å². The molecule has 1 rings (SSSR count). The number of halogens is 1. The fraction of sp³-hybridized carbons (Fsp3) is 0.417. The van der Waals surface area contributed by atoms with E-state index in [2.05, 4.69) is 6.92 Å². The summed E-state index contributed by atoms with van der Waals surface area (Å²) in [5.41, 5.74) is 6.32. The maximum Gasteiger partial charge on any atom is 0.240 e. The molecule has 16 heavy (non-hydrogen) atoms. The number of carbonyl (C=O) groups is 1. The molecule has 1 aromatic carbocycles. The molecular formula is C12H19ClN2O. The van der Waals surface area contributed by atoms with Gasteiger partial charge in [-0.15, -0.1) is 12.4 Å². The Kier molecular flexibility index (Phi) is 7.60.